The predicted octanol–water partition coefficient (Wildman–Crippen LogP) is 0.0175. The van der Waals surface area contributed by atoms with Gasteiger partial charge in [-0.1, -0.05) is 12.8 Å². The van der Waals surface area contributed by atoms with Crippen molar-refractivity contribution in [3.63, 3.8) is 0 Å². The van der Waals surface area contributed by atoms with Crippen molar-refractivity contribution < 1.29 is 19.8 Å². The third-order valence-corrected chi connectivity index (χ3v) is 2.62. The van der Waals surface area contributed by atoms with Crippen LogP contribution in [-0.4, -0.2) is 52.9 Å². The average Bonchev–Trinajstić information content (AvgIpc) is 2.53. The maximum atomic E-state index is 11.6. The van der Waals surface area contributed by atoms with Gasteiger partial charge in [0.15, 0.2) is 6.10 Å². The lowest BCUT2D eigenvalue weighted by Crippen LogP contribution is -2.44. The molecule has 1 rings (SSSR count). The molecule has 92 valence electrons. The van der Waals surface area contributed by atoms with Gasteiger partial charge in [-0.15, -0.1) is 0 Å². The molecule has 1 fully saturated rings. The van der Waals surface area contributed by atoms with Crippen LogP contribution in [0.15, 0.2) is 0 Å². The molecule has 3 N–H and O–H groups in total. The minimum Gasteiger partial charge on any atom is -0.479 e. The number of likely N-dealkylation sites (tertiary alicyclic amines) is 1. The van der Waals surface area contributed by atoms with E-state index in [0.29, 0.717) is 13.1 Å². The van der Waals surface area contributed by atoms with Crippen LogP contribution in [0.1, 0.15) is 25.7 Å². The molecule has 6 heteroatoms. The predicted molar refractivity (Wildman–Crippen MR) is 57.1 cm³/mol. The van der Waals surface area contributed by atoms with Gasteiger partial charge < -0.3 is 20.4 Å². The number of carbonyl (C=O) groups is 2. The van der Waals surface area contributed by atoms with E-state index in [2.05, 4.69) is 5.32 Å². The van der Waals surface area contributed by atoms with Crippen molar-refractivity contribution in [2.75, 3.05) is 19.6 Å². The third-order valence-electron chi connectivity index (χ3n) is 2.62. The molecule has 0 aromatic carbocycles. The second kappa shape index (κ2) is 6.32. The van der Waals surface area contributed by atoms with Gasteiger partial charge >= 0.3 is 12.0 Å². The van der Waals surface area contributed by atoms with E-state index in [1.54, 1.807) is 4.90 Å². The van der Waals surface area contributed by atoms with E-state index in [-0.39, 0.29) is 12.6 Å². The highest BCUT2D eigenvalue weighted by Gasteiger charge is 2.18. The number of carboxylic acid groups (broad SMARTS) is 1. The molecular weight excluding hydrogens is 212 g/mol. The Kier molecular flexibility index (Phi) is 5.04. The number of hydrogen-bond donors (Lipinski definition) is 3. The van der Waals surface area contributed by atoms with Crippen LogP contribution in [0.25, 0.3) is 0 Å². The number of carbonyl (C=O) groups excluding carboxylic acids is 1. The van der Waals surface area contributed by atoms with Crippen LogP contribution >= 0.6 is 0 Å². The first kappa shape index (κ1) is 12.8. The summed E-state index contributed by atoms with van der Waals surface area (Å²) in [5.74, 6) is -1.32. The number of aliphatic carboxylic acids is 1. The lowest BCUT2D eigenvalue weighted by Gasteiger charge is -2.21. The van der Waals surface area contributed by atoms with Crippen molar-refractivity contribution in [2.24, 2.45) is 0 Å². The summed E-state index contributed by atoms with van der Waals surface area (Å²) in [5, 5.41) is 19.8. The highest BCUT2D eigenvalue weighted by atomic mass is 16.4. The van der Waals surface area contributed by atoms with Crippen LogP contribution in [0, 0.1) is 0 Å². The summed E-state index contributed by atoms with van der Waals surface area (Å²) >= 11 is 0. The Morgan fingerprint density at radius 3 is 2.25 bits per heavy atom. The van der Waals surface area contributed by atoms with Gasteiger partial charge in [-0.05, 0) is 12.8 Å². The highest BCUT2D eigenvalue weighted by molar-refractivity contribution is 5.76. The maximum Gasteiger partial charge on any atom is 0.334 e. The number of aliphatic hydroxyl groups excluding tert-OH is 1. The molecule has 0 radical (unpaired) electrons. The molecule has 0 aliphatic carbocycles. The summed E-state index contributed by atoms with van der Waals surface area (Å²) in [6, 6.07) is -0.290. The fourth-order valence-electron chi connectivity index (χ4n) is 1.66. The first-order valence-electron chi connectivity index (χ1n) is 5.55. The summed E-state index contributed by atoms with van der Waals surface area (Å²) < 4.78 is 0. The molecule has 0 spiro atoms. The van der Waals surface area contributed by atoms with Crippen molar-refractivity contribution in [1.29, 1.82) is 0 Å². The lowest BCUT2D eigenvalue weighted by atomic mass is 10.2. The summed E-state index contributed by atoms with van der Waals surface area (Å²) in [4.78, 5) is 23.6. The van der Waals surface area contributed by atoms with Gasteiger partial charge in [0.25, 0.3) is 0 Å². The second-order valence-electron chi connectivity index (χ2n) is 3.94. The zero-order valence-electron chi connectivity index (χ0n) is 9.19. The van der Waals surface area contributed by atoms with Crippen LogP contribution in [0.3, 0.4) is 0 Å². The molecule has 2 amide bonds. The summed E-state index contributed by atoms with van der Waals surface area (Å²) in [6.07, 6.45) is 2.68. The molecule has 1 unspecified atom stereocenters. The number of hydrogen-bond acceptors (Lipinski definition) is 3. The van der Waals surface area contributed by atoms with E-state index >= 15 is 0 Å². The van der Waals surface area contributed by atoms with Crippen LogP contribution in [-0.2, 0) is 4.79 Å². The normalized spacial score (nSPS) is 18.7. The fraction of sp³-hybridized carbons (Fsp3) is 0.800. The third kappa shape index (κ3) is 4.06. The topological polar surface area (TPSA) is 89.9 Å². The number of nitrogens with one attached hydrogen (secondary N) is 1. The number of nitrogens with zero attached hydrogens (tertiary/aromatic N) is 1. The molecule has 1 saturated heterocycles. The second-order valence-corrected chi connectivity index (χ2v) is 3.94. The van der Waals surface area contributed by atoms with Crippen LogP contribution in [0.5, 0.6) is 0 Å². The van der Waals surface area contributed by atoms with Crippen LogP contribution < -0.4 is 5.32 Å². The minimum atomic E-state index is -1.53. The molecule has 0 aromatic heterocycles. The van der Waals surface area contributed by atoms with Gasteiger partial charge in [-0.3, -0.25) is 0 Å². The van der Waals surface area contributed by atoms with Crippen LogP contribution in [0.4, 0.5) is 4.79 Å². The van der Waals surface area contributed by atoms with E-state index in [0.717, 1.165) is 25.7 Å². The van der Waals surface area contributed by atoms with Gasteiger partial charge in [0, 0.05) is 13.1 Å². The molecule has 6 nitrogen and oxygen atoms in total. The van der Waals surface area contributed by atoms with Gasteiger partial charge in [0.2, 0.25) is 0 Å². The van der Waals surface area contributed by atoms with Crippen molar-refractivity contribution >= 4 is 12.0 Å². The van der Waals surface area contributed by atoms with Crippen molar-refractivity contribution in [2.45, 2.75) is 31.8 Å². The largest absolute Gasteiger partial charge is 0.479 e. The zero-order valence-corrected chi connectivity index (χ0v) is 9.19. The molecule has 1 heterocycles. The zero-order chi connectivity index (χ0) is 12.0. The molecule has 1 aliphatic heterocycles. The smallest absolute Gasteiger partial charge is 0.334 e. The molecule has 0 saturated carbocycles. The Labute approximate surface area is 94.2 Å². The van der Waals surface area contributed by atoms with Gasteiger partial charge in [-0.2, -0.15) is 0 Å². The van der Waals surface area contributed by atoms with Crippen molar-refractivity contribution in [1.82, 2.24) is 10.2 Å². The Morgan fingerprint density at radius 1 is 1.19 bits per heavy atom. The summed E-state index contributed by atoms with van der Waals surface area (Å²) in [7, 11) is 0. The maximum absolute atomic E-state index is 11.6. The van der Waals surface area contributed by atoms with Crippen molar-refractivity contribution in [3.8, 4) is 0 Å². The molecule has 0 aromatic rings. The number of rotatable bonds is 3. The number of amides is 2. The number of aliphatic hydroxyl groups is 1. The molecular formula is C10H18N2O4. The number of carboxylic acids is 1. The van der Waals surface area contributed by atoms with E-state index in [4.69, 9.17) is 10.2 Å². The molecule has 1 aliphatic rings. The van der Waals surface area contributed by atoms with Crippen molar-refractivity contribution in [3.05, 3.63) is 0 Å². The lowest BCUT2D eigenvalue weighted by molar-refractivity contribution is -0.146. The molecule has 0 bridgehead atoms. The number of urea groups is 1. The van der Waals surface area contributed by atoms with Crippen LogP contribution in [0.2, 0.25) is 0 Å². The van der Waals surface area contributed by atoms with E-state index in [1.165, 1.54) is 0 Å². The van der Waals surface area contributed by atoms with Gasteiger partial charge in [0.05, 0.1) is 6.54 Å². The first-order chi connectivity index (χ1) is 7.61. The molecule has 16 heavy (non-hydrogen) atoms. The summed E-state index contributed by atoms with van der Waals surface area (Å²) in [5.41, 5.74) is 0. The highest BCUT2D eigenvalue weighted by Crippen LogP contribution is 2.09. The SMILES string of the molecule is O=C(O)C(O)CNC(=O)N1CCCCCC1. The average molecular weight is 230 g/mol. The van der Waals surface area contributed by atoms with Gasteiger partial charge in [0.1, 0.15) is 0 Å². The Balaban J connectivity index is 2.30. The van der Waals surface area contributed by atoms with Gasteiger partial charge in [-0.25, -0.2) is 9.59 Å². The Hall–Kier alpha value is -1.30. The standard InChI is InChI=1S/C10H18N2O4/c13-8(9(14)15)7-11-10(16)12-5-3-1-2-4-6-12/h8,13H,1-7H2,(H,11,16)(H,14,15). The quantitative estimate of drug-likeness (QED) is 0.637. The fourth-order valence-corrected chi connectivity index (χ4v) is 1.66. The minimum absolute atomic E-state index is 0.245. The first-order valence-corrected chi connectivity index (χ1v) is 5.55. The van der Waals surface area contributed by atoms with E-state index in [1.807, 2.05) is 0 Å². The molecule has 1 atom stereocenters. The van der Waals surface area contributed by atoms with E-state index < -0.39 is 12.1 Å². The summed E-state index contributed by atoms with van der Waals surface area (Å²) in [6.45, 7) is 1.16. The monoisotopic (exact) mass is 230 g/mol. The Bertz CT molecular complexity index is 249. The Morgan fingerprint density at radius 2 is 1.75 bits per heavy atom. The van der Waals surface area contributed by atoms with E-state index in [9.17, 15) is 9.59 Å².